The molecule has 1 aliphatic carbocycles. The van der Waals surface area contributed by atoms with Gasteiger partial charge in [0, 0.05) is 29.2 Å². The van der Waals surface area contributed by atoms with E-state index in [2.05, 4.69) is 4.98 Å². The first-order valence-corrected chi connectivity index (χ1v) is 7.73. The molecular formula is C20H16N2O. The molecule has 23 heavy (non-hydrogen) atoms. The zero-order valence-corrected chi connectivity index (χ0v) is 12.6. The Morgan fingerprint density at radius 1 is 1.00 bits per heavy atom. The second-order valence-corrected chi connectivity index (χ2v) is 5.72. The van der Waals surface area contributed by atoms with Gasteiger partial charge in [0.15, 0.2) is 5.78 Å². The number of carbonyl (C=O) groups is 1. The van der Waals surface area contributed by atoms with Gasteiger partial charge in [-0.2, -0.15) is 0 Å². The highest BCUT2D eigenvalue weighted by molar-refractivity contribution is 6.13. The van der Waals surface area contributed by atoms with Gasteiger partial charge in [0.2, 0.25) is 0 Å². The number of aromatic nitrogens is 2. The molecule has 3 heteroatoms. The topological polar surface area (TPSA) is 34.9 Å². The van der Waals surface area contributed by atoms with E-state index < -0.39 is 0 Å². The van der Waals surface area contributed by atoms with Gasteiger partial charge in [0.1, 0.15) is 0 Å². The van der Waals surface area contributed by atoms with Crippen LogP contribution in [-0.4, -0.2) is 15.3 Å². The van der Waals surface area contributed by atoms with Crippen LogP contribution in [0.5, 0.6) is 0 Å². The molecule has 1 heterocycles. The van der Waals surface area contributed by atoms with E-state index in [1.54, 1.807) is 12.5 Å². The highest BCUT2D eigenvalue weighted by Gasteiger charge is 2.20. The summed E-state index contributed by atoms with van der Waals surface area (Å²) in [6.07, 6.45) is 9.19. The fraction of sp³-hybridized carbons (Fsp3) is 0.100. The van der Waals surface area contributed by atoms with Crippen molar-refractivity contribution in [1.29, 1.82) is 0 Å². The molecule has 1 aromatic heterocycles. The predicted molar refractivity (Wildman–Crippen MR) is 90.6 cm³/mol. The van der Waals surface area contributed by atoms with Crippen molar-refractivity contribution in [3.05, 3.63) is 89.5 Å². The summed E-state index contributed by atoms with van der Waals surface area (Å²) in [7, 11) is 0. The van der Waals surface area contributed by atoms with Crippen LogP contribution < -0.4 is 0 Å². The first kappa shape index (κ1) is 13.7. The number of imidazole rings is 1. The lowest BCUT2D eigenvalue weighted by molar-refractivity contribution is 0.102. The van der Waals surface area contributed by atoms with Crippen LogP contribution in [-0.2, 0) is 6.42 Å². The molecule has 1 aliphatic rings. The molecule has 0 amide bonds. The molecule has 112 valence electrons. The number of hydrogen-bond donors (Lipinski definition) is 0. The van der Waals surface area contributed by atoms with Crippen molar-refractivity contribution in [2.45, 2.75) is 12.8 Å². The zero-order chi connectivity index (χ0) is 15.6. The van der Waals surface area contributed by atoms with Gasteiger partial charge >= 0.3 is 0 Å². The number of hydrogen-bond acceptors (Lipinski definition) is 2. The maximum atomic E-state index is 12.6. The first-order valence-electron chi connectivity index (χ1n) is 7.73. The third-order valence-corrected chi connectivity index (χ3v) is 4.25. The summed E-state index contributed by atoms with van der Waals surface area (Å²) in [5.74, 6) is 0.158. The maximum Gasteiger partial charge on any atom is 0.189 e. The van der Waals surface area contributed by atoms with Crippen molar-refractivity contribution in [2.75, 3.05) is 0 Å². The average Bonchev–Trinajstić information content (AvgIpc) is 3.13. The number of rotatable bonds is 2. The molecule has 0 atom stereocenters. The highest BCUT2D eigenvalue weighted by Crippen LogP contribution is 2.26. The number of aryl methyl sites for hydroxylation is 1. The number of benzene rings is 2. The lowest BCUT2D eigenvalue weighted by Gasteiger charge is -2.17. The van der Waals surface area contributed by atoms with Crippen molar-refractivity contribution in [1.82, 2.24) is 9.55 Å². The van der Waals surface area contributed by atoms with Gasteiger partial charge in [-0.05, 0) is 42.2 Å². The summed E-state index contributed by atoms with van der Waals surface area (Å²) >= 11 is 0. The summed E-state index contributed by atoms with van der Waals surface area (Å²) in [6.45, 7) is 0. The van der Waals surface area contributed by atoms with E-state index in [1.165, 1.54) is 0 Å². The first-order chi connectivity index (χ1) is 11.3. The zero-order valence-electron chi connectivity index (χ0n) is 12.6. The van der Waals surface area contributed by atoms with Gasteiger partial charge in [-0.1, -0.05) is 36.4 Å². The Morgan fingerprint density at radius 3 is 2.61 bits per heavy atom. The van der Waals surface area contributed by atoms with Crippen LogP contribution >= 0.6 is 0 Å². The van der Waals surface area contributed by atoms with Crippen molar-refractivity contribution >= 4 is 11.9 Å². The van der Waals surface area contributed by atoms with E-state index in [9.17, 15) is 4.79 Å². The van der Waals surface area contributed by atoms with Gasteiger partial charge in [-0.15, -0.1) is 0 Å². The quantitative estimate of drug-likeness (QED) is 0.668. The fourth-order valence-electron chi connectivity index (χ4n) is 3.01. The SMILES string of the molecule is O=C1C(=Cc2ccc(-n3ccnc3)cc2)CCc2ccccc21. The lowest BCUT2D eigenvalue weighted by Crippen LogP contribution is -2.13. The Hall–Kier alpha value is -2.94. The smallest absolute Gasteiger partial charge is 0.189 e. The highest BCUT2D eigenvalue weighted by atomic mass is 16.1. The van der Waals surface area contributed by atoms with E-state index in [-0.39, 0.29) is 5.78 Å². The molecule has 0 spiro atoms. The van der Waals surface area contributed by atoms with Gasteiger partial charge in [0.25, 0.3) is 0 Å². The third kappa shape index (κ3) is 2.61. The minimum atomic E-state index is 0.158. The fourth-order valence-corrected chi connectivity index (χ4v) is 3.01. The Balaban J connectivity index is 1.62. The van der Waals surface area contributed by atoms with Crippen LogP contribution in [0.2, 0.25) is 0 Å². The molecule has 0 bridgehead atoms. The van der Waals surface area contributed by atoms with Crippen LogP contribution in [0, 0.1) is 0 Å². The average molecular weight is 300 g/mol. The number of ketones is 1. The molecule has 0 N–H and O–H groups in total. The van der Waals surface area contributed by atoms with Gasteiger partial charge in [-0.25, -0.2) is 4.98 Å². The predicted octanol–water partition coefficient (Wildman–Crippen LogP) is 4.08. The van der Waals surface area contributed by atoms with Crippen molar-refractivity contribution < 1.29 is 4.79 Å². The Morgan fingerprint density at radius 2 is 1.83 bits per heavy atom. The summed E-state index contributed by atoms with van der Waals surface area (Å²) in [6, 6.07) is 16.0. The van der Waals surface area contributed by atoms with Crippen LogP contribution in [0.25, 0.3) is 11.8 Å². The molecule has 0 radical (unpaired) electrons. The molecule has 3 nitrogen and oxygen atoms in total. The number of Topliss-reactive ketones (excluding diaryl/α,β-unsaturated/α-hetero) is 1. The normalized spacial score (nSPS) is 15.7. The number of fused-ring (bicyclic) bond motifs is 1. The molecule has 2 aromatic carbocycles. The maximum absolute atomic E-state index is 12.6. The summed E-state index contributed by atoms with van der Waals surface area (Å²) in [4.78, 5) is 16.6. The summed E-state index contributed by atoms with van der Waals surface area (Å²) < 4.78 is 1.96. The van der Waals surface area contributed by atoms with E-state index in [0.717, 1.165) is 40.8 Å². The van der Waals surface area contributed by atoms with E-state index >= 15 is 0 Å². The van der Waals surface area contributed by atoms with Gasteiger partial charge in [-0.3, -0.25) is 4.79 Å². The van der Waals surface area contributed by atoms with E-state index in [0.29, 0.717) is 0 Å². The number of carbonyl (C=O) groups excluding carboxylic acids is 1. The van der Waals surface area contributed by atoms with E-state index in [4.69, 9.17) is 0 Å². The Labute approximate surface area is 134 Å². The number of nitrogens with zero attached hydrogens (tertiary/aromatic N) is 2. The Kier molecular flexibility index (Phi) is 3.39. The molecule has 0 saturated heterocycles. The Bertz CT molecular complexity index is 874. The number of allylic oxidation sites excluding steroid dienone is 1. The van der Waals surface area contributed by atoms with Crippen LogP contribution in [0.15, 0.2) is 72.8 Å². The van der Waals surface area contributed by atoms with Crippen LogP contribution in [0.3, 0.4) is 0 Å². The minimum Gasteiger partial charge on any atom is -0.306 e. The molecule has 0 unspecified atom stereocenters. The molecule has 3 aromatic rings. The molecule has 0 saturated carbocycles. The summed E-state index contributed by atoms with van der Waals surface area (Å²) in [5, 5.41) is 0. The van der Waals surface area contributed by atoms with E-state index in [1.807, 2.05) is 65.4 Å². The van der Waals surface area contributed by atoms with Gasteiger partial charge < -0.3 is 4.57 Å². The summed E-state index contributed by atoms with van der Waals surface area (Å²) in [5.41, 5.74) is 5.01. The monoisotopic (exact) mass is 300 g/mol. The standard InChI is InChI=1S/C20H16N2O/c23-20-17(8-7-16-3-1-2-4-19(16)20)13-15-5-9-18(10-6-15)22-12-11-21-14-22/h1-6,9-14H,7-8H2. The largest absolute Gasteiger partial charge is 0.306 e. The second kappa shape index (κ2) is 5.69. The molecule has 4 rings (SSSR count). The third-order valence-electron chi connectivity index (χ3n) is 4.25. The minimum absolute atomic E-state index is 0.158. The van der Waals surface area contributed by atoms with Crippen molar-refractivity contribution in [2.24, 2.45) is 0 Å². The van der Waals surface area contributed by atoms with Gasteiger partial charge in [0.05, 0.1) is 6.33 Å². The lowest BCUT2D eigenvalue weighted by atomic mass is 9.86. The van der Waals surface area contributed by atoms with Crippen LogP contribution in [0.4, 0.5) is 0 Å². The molecule has 0 fully saturated rings. The second-order valence-electron chi connectivity index (χ2n) is 5.72. The van der Waals surface area contributed by atoms with Crippen molar-refractivity contribution in [3.63, 3.8) is 0 Å². The molecule has 0 aliphatic heterocycles. The van der Waals surface area contributed by atoms with Crippen LogP contribution in [0.1, 0.15) is 27.9 Å². The van der Waals surface area contributed by atoms with Crippen molar-refractivity contribution in [3.8, 4) is 5.69 Å². The molecular weight excluding hydrogens is 284 g/mol.